The highest BCUT2D eigenvalue weighted by Crippen LogP contribution is 2.45. The summed E-state index contributed by atoms with van der Waals surface area (Å²) >= 11 is 0. The molecule has 1 rings (SSSR count). The van der Waals surface area contributed by atoms with Crippen molar-refractivity contribution < 1.29 is 14.3 Å². The van der Waals surface area contributed by atoms with Crippen LogP contribution in [0.5, 0.6) is 0 Å². The number of hydrogen-bond donors (Lipinski definition) is 0. The van der Waals surface area contributed by atoms with Gasteiger partial charge in [-0.05, 0) is 53.9 Å². The molecule has 0 aromatic heterocycles. The summed E-state index contributed by atoms with van der Waals surface area (Å²) in [7, 11) is 0. The second-order valence-electron chi connectivity index (χ2n) is 6.72. The van der Waals surface area contributed by atoms with Crippen molar-refractivity contribution >= 4 is 5.78 Å². The van der Waals surface area contributed by atoms with E-state index in [0.29, 0.717) is 6.61 Å². The molecule has 19 heavy (non-hydrogen) atoms. The molecule has 0 bridgehead atoms. The van der Waals surface area contributed by atoms with Gasteiger partial charge in [0.15, 0.2) is 5.78 Å². The molecule has 0 saturated carbocycles. The van der Waals surface area contributed by atoms with Gasteiger partial charge in [0, 0.05) is 6.61 Å². The molecule has 1 heterocycles. The van der Waals surface area contributed by atoms with Crippen LogP contribution in [-0.2, 0) is 14.3 Å². The third-order valence-electron chi connectivity index (χ3n) is 4.40. The van der Waals surface area contributed by atoms with Crippen molar-refractivity contribution in [2.24, 2.45) is 5.92 Å². The molecule has 0 spiro atoms. The van der Waals surface area contributed by atoms with Crippen molar-refractivity contribution in [1.29, 1.82) is 0 Å². The molecule has 0 radical (unpaired) electrons. The molecule has 0 N–H and O–H groups in total. The number of Topliss-reactive ketones (excluding diaryl/α,β-unsaturated/α-hetero) is 1. The van der Waals surface area contributed by atoms with Gasteiger partial charge in [-0.15, -0.1) is 0 Å². The summed E-state index contributed by atoms with van der Waals surface area (Å²) in [6.45, 7) is 14.7. The van der Waals surface area contributed by atoms with Gasteiger partial charge >= 0.3 is 0 Å². The average molecular weight is 270 g/mol. The third kappa shape index (κ3) is 3.19. The van der Waals surface area contributed by atoms with E-state index in [2.05, 4.69) is 13.8 Å². The van der Waals surface area contributed by atoms with Crippen LogP contribution in [0.15, 0.2) is 0 Å². The lowest BCUT2D eigenvalue weighted by Gasteiger charge is -2.36. The average Bonchev–Trinajstić information content (AvgIpc) is 2.53. The van der Waals surface area contributed by atoms with E-state index in [4.69, 9.17) is 9.47 Å². The second kappa shape index (κ2) is 5.53. The topological polar surface area (TPSA) is 35.5 Å². The van der Waals surface area contributed by atoms with Gasteiger partial charge in [-0.2, -0.15) is 0 Å². The van der Waals surface area contributed by atoms with E-state index < -0.39 is 11.2 Å². The van der Waals surface area contributed by atoms with E-state index in [0.717, 1.165) is 19.3 Å². The Bertz CT molecular complexity index is 327. The van der Waals surface area contributed by atoms with Crippen LogP contribution >= 0.6 is 0 Å². The summed E-state index contributed by atoms with van der Waals surface area (Å²) in [6.07, 6.45) is 2.22. The summed E-state index contributed by atoms with van der Waals surface area (Å²) in [5, 5.41) is 0. The third-order valence-corrected chi connectivity index (χ3v) is 4.40. The first-order chi connectivity index (χ1) is 8.64. The first-order valence-electron chi connectivity index (χ1n) is 7.52. The number of carbonyl (C=O) groups excluding carboxylic acids is 1. The zero-order valence-electron chi connectivity index (χ0n) is 13.6. The minimum atomic E-state index is -0.638. The first kappa shape index (κ1) is 16.6. The van der Waals surface area contributed by atoms with Gasteiger partial charge < -0.3 is 9.47 Å². The number of carbonyl (C=O) groups is 1. The summed E-state index contributed by atoms with van der Waals surface area (Å²) in [5.74, 6) is 0.129. The summed E-state index contributed by atoms with van der Waals surface area (Å²) in [5.41, 5.74) is -1.28. The lowest BCUT2D eigenvalue weighted by molar-refractivity contribution is -0.155. The predicted octanol–water partition coefficient (Wildman–Crippen LogP) is 3.74. The number of hydrogen-bond acceptors (Lipinski definition) is 3. The number of ether oxygens (including phenoxy) is 2. The van der Waals surface area contributed by atoms with Crippen LogP contribution in [0, 0.1) is 5.92 Å². The van der Waals surface area contributed by atoms with Gasteiger partial charge in [-0.3, -0.25) is 4.79 Å². The van der Waals surface area contributed by atoms with Crippen LogP contribution in [-0.4, -0.2) is 29.2 Å². The van der Waals surface area contributed by atoms with Crippen LogP contribution < -0.4 is 0 Å². The molecule has 0 amide bonds. The Balaban J connectivity index is 3.04. The Labute approximate surface area is 118 Å². The molecule has 1 saturated heterocycles. The molecule has 1 fully saturated rings. The van der Waals surface area contributed by atoms with E-state index in [1.165, 1.54) is 0 Å². The molecule has 112 valence electrons. The van der Waals surface area contributed by atoms with Crippen molar-refractivity contribution in [3.63, 3.8) is 0 Å². The lowest BCUT2D eigenvalue weighted by Crippen LogP contribution is -2.48. The summed E-state index contributed by atoms with van der Waals surface area (Å²) in [4.78, 5) is 13.0. The van der Waals surface area contributed by atoms with E-state index in [-0.39, 0.29) is 17.3 Å². The van der Waals surface area contributed by atoms with Gasteiger partial charge in [0.25, 0.3) is 0 Å². The largest absolute Gasteiger partial charge is 0.369 e. The number of rotatable bonds is 6. The van der Waals surface area contributed by atoms with Crippen molar-refractivity contribution in [3.05, 3.63) is 0 Å². The Hall–Kier alpha value is -0.410. The van der Waals surface area contributed by atoms with E-state index >= 15 is 0 Å². The Morgan fingerprint density at radius 2 is 1.74 bits per heavy atom. The molecule has 0 aliphatic carbocycles. The van der Waals surface area contributed by atoms with Gasteiger partial charge in [0.05, 0.1) is 17.1 Å². The van der Waals surface area contributed by atoms with Gasteiger partial charge in [0.2, 0.25) is 0 Å². The molecule has 1 aliphatic rings. The standard InChI is InChI=1S/C16H30O3/c1-8-16(9-2,18-10-3)13(17)12-11-14(4,5)19-15(12,6)7/h12H,8-11H2,1-7H3. The molecule has 1 aliphatic heterocycles. The molecular formula is C16H30O3. The first-order valence-corrected chi connectivity index (χ1v) is 7.52. The summed E-state index contributed by atoms with van der Waals surface area (Å²) < 4.78 is 11.9. The highest BCUT2D eigenvalue weighted by Gasteiger charge is 2.53. The van der Waals surface area contributed by atoms with Crippen molar-refractivity contribution in [2.75, 3.05) is 6.61 Å². The highest BCUT2D eigenvalue weighted by atomic mass is 16.5. The fourth-order valence-corrected chi connectivity index (χ4v) is 3.44. The number of ketones is 1. The summed E-state index contributed by atoms with van der Waals surface area (Å²) in [6, 6.07) is 0. The fraction of sp³-hybridized carbons (Fsp3) is 0.938. The minimum Gasteiger partial charge on any atom is -0.369 e. The highest BCUT2D eigenvalue weighted by molar-refractivity contribution is 5.90. The van der Waals surface area contributed by atoms with Crippen LogP contribution in [0.1, 0.15) is 67.7 Å². The molecule has 1 unspecified atom stereocenters. The van der Waals surface area contributed by atoms with Gasteiger partial charge in [0.1, 0.15) is 5.60 Å². The smallest absolute Gasteiger partial charge is 0.170 e. The zero-order chi connectivity index (χ0) is 14.9. The molecule has 1 atom stereocenters. The maximum Gasteiger partial charge on any atom is 0.170 e. The minimum absolute atomic E-state index is 0.0889. The maximum atomic E-state index is 13.0. The van der Waals surface area contributed by atoms with Gasteiger partial charge in [-0.1, -0.05) is 13.8 Å². The van der Waals surface area contributed by atoms with Gasteiger partial charge in [-0.25, -0.2) is 0 Å². The van der Waals surface area contributed by atoms with E-state index in [1.54, 1.807) is 0 Å². The van der Waals surface area contributed by atoms with Crippen LogP contribution in [0.2, 0.25) is 0 Å². The molecule has 3 nitrogen and oxygen atoms in total. The SMILES string of the molecule is CCOC(CC)(CC)C(=O)C1CC(C)(C)OC1(C)C. The van der Waals surface area contributed by atoms with E-state index in [1.807, 2.05) is 34.6 Å². The predicted molar refractivity (Wildman–Crippen MR) is 77.3 cm³/mol. The second-order valence-corrected chi connectivity index (χ2v) is 6.72. The van der Waals surface area contributed by atoms with Crippen LogP contribution in [0.4, 0.5) is 0 Å². The van der Waals surface area contributed by atoms with E-state index in [9.17, 15) is 4.79 Å². The Morgan fingerprint density at radius 3 is 2.05 bits per heavy atom. The molecule has 3 heteroatoms. The Morgan fingerprint density at radius 1 is 1.21 bits per heavy atom. The fourth-order valence-electron chi connectivity index (χ4n) is 3.44. The van der Waals surface area contributed by atoms with Crippen LogP contribution in [0.25, 0.3) is 0 Å². The molecular weight excluding hydrogens is 240 g/mol. The maximum absolute atomic E-state index is 13.0. The quantitative estimate of drug-likeness (QED) is 0.737. The lowest BCUT2D eigenvalue weighted by atomic mass is 9.75. The van der Waals surface area contributed by atoms with Crippen molar-refractivity contribution in [1.82, 2.24) is 0 Å². The Kier molecular flexibility index (Phi) is 4.84. The molecule has 0 aromatic carbocycles. The zero-order valence-corrected chi connectivity index (χ0v) is 13.6. The monoisotopic (exact) mass is 270 g/mol. The van der Waals surface area contributed by atoms with Crippen molar-refractivity contribution in [2.45, 2.75) is 84.5 Å². The normalized spacial score (nSPS) is 25.5. The molecule has 0 aromatic rings. The van der Waals surface area contributed by atoms with Crippen LogP contribution in [0.3, 0.4) is 0 Å². The van der Waals surface area contributed by atoms with Crippen molar-refractivity contribution in [3.8, 4) is 0 Å².